The van der Waals surface area contributed by atoms with Crippen molar-refractivity contribution in [2.24, 2.45) is 17.8 Å². The largest absolute Gasteiger partial charge is 0.352 e. The number of fused-ring (bicyclic) bond motifs is 1. The lowest BCUT2D eigenvalue weighted by Gasteiger charge is -2.55. The van der Waals surface area contributed by atoms with Gasteiger partial charge in [0.15, 0.2) is 0 Å². The second-order valence-corrected chi connectivity index (χ2v) is 8.37. The molecule has 5 nitrogen and oxygen atoms in total. The molecule has 2 aromatic rings. The van der Waals surface area contributed by atoms with Gasteiger partial charge >= 0.3 is 0 Å². The van der Waals surface area contributed by atoms with Crippen molar-refractivity contribution in [3.05, 3.63) is 47.5 Å². The molecule has 1 N–H and O–H groups in total. The molecule has 0 unspecified atom stereocenters. The molecule has 0 aliphatic heterocycles. The Kier molecular flexibility index (Phi) is 5.02. The van der Waals surface area contributed by atoms with Crippen LogP contribution in [0.4, 0.5) is 0 Å². The number of hydrogen-bond donors (Lipinski definition) is 1. The van der Waals surface area contributed by atoms with Gasteiger partial charge in [0, 0.05) is 12.0 Å². The molecule has 5 heteroatoms. The molecule has 1 amide bonds. The minimum atomic E-state index is -0.121. The van der Waals surface area contributed by atoms with E-state index in [0.29, 0.717) is 18.4 Å². The maximum Gasteiger partial charge on any atom is 0.224 e. The quantitative estimate of drug-likeness (QED) is 0.879. The summed E-state index contributed by atoms with van der Waals surface area (Å²) in [6.45, 7) is 6.39. The van der Waals surface area contributed by atoms with Gasteiger partial charge in [-0.1, -0.05) is 50.1 Å². The van der Waals surface area contributed by atoms with Gasteiger partial charge in [-0.25, -0.2) is 9.67 Å². The lowest BCUT2D eigenvalue weighted by Crippen LogP contribution is -2.60. The average Bonchev–Trinajstić information content (AvgIpc) is 2.97. The van der Waals surface area contributed by atoms with Crippen molar-refractivity contribution in [1.29, 1.82) is 0 Å². The number of nitrogens with zero attached hydrogens (tertiary/aromatic N) is 3. The van der Waals surface area contributed by atoms with E-state index in [0.717, 1.165) is 17.6 Å². The summed E-state index contributed by atoms with van der Waals surface area (Å²) < 4.78 is 1.85. The summed E-state index contributed by atoms with van der Waals surface area (Å²) in [4.78, 5) is 17.3. The Bertz CT molecular complexity index is 800. The second kappa shape index (κ2) is 7.45. The number of rotatable bonds is 5. The minimum absolute atomic E-state index is 0.121. The number of aromatic nitrogens is 3. The molecule has 144 valence electrons. The van der Waals surface area contributed by atoms with E-state index in [-0.39, 0.29) is 17.9 Å². The summed E-state index contributed by atoms with van der Waals surface area (Å²) in [5.74, 6) is 3.46. The number of carbonyl (C=O) groups is 1. The van der Waals surface area contributed by atoms with E-state index in [1.807, 2.05) is 25.5 Å². The number of amides is 1. The van der Waals surface area contributed by atoms with Crippen molar-refractivity contribution >= 4 is 5.91 Å². The zero-order chi connectivity index (χ0) is 19.0. The molecule has 1 aromatic heterocycles. The van der Waals surface area contributed by atoms with Gasteiger partial charge in [0.25, 0.3) is 0 Å². The van der Waals surface area contributed by atoms with Gasteiger partial charge in [0.1, 0.15) is 11.6 Å². The van der Waals surface area contributed by atoms with Gasteiger partial charge in [-0.3, -0.25) is 4.79 Å². The molecule has 1 heterocycles. The summed E-state index contributed by atoms with van der Waals surface area (Å²) in [6, 6.07) is 11.0. The summed E-state index contributed by atoms with van der Waals surface area (Å²) in [7, 11) is 0. The molecule has 0 bridgehead atoms. The van der Waals surface area contributed by atoms with E-state index in [4.69, 9.17) is 0 Å². The predicted molar refractivity (Wildman–Crippen MR) is 105 cm³/mol. The summed E-state index contributed by atoms with van der Waals surface area (Å²) in [5, 5.41) is 7.81. The molecule has 0 spiro atoms. The third kappa shape index (κ3) is 3.52. The first kappa shape index (κ1) is 18.2. The van der Waals surface area contributed by atoms with Gasteiger partial charge in [0.2, 0.25) is 5.91 Å². The van der Waals surface area contributed by atoms with E-state index in [1.54, 1.807) is 0 Å². The Morgan fingerprint density at radius 2 is 1.89 bits per heavy atom. The van der Waals surface area contributed by atoms with Crippen LogP contribution in [0.15, 0.2) is 30.3 Å². The normalized spacial score (nSPS) is 28.1. The van der Waals surface area contributed by atoms with E-state index in [1.165, 1.54) is 31.2 Å². The number of hydrogen-bond acceptors (Lipinski definition) is 3. The predicted octanol–water partition coefficient (Wildman–Crippen LogP) is 3.62. The van der Waals surface area contributed by atoms with E-state index in [9.17, 15) is 4.79 Å². The highest BCUT2D eigenvalue weighted by molar-refractivity contribution is 5.79. The molecule has 1 aromatic carbocycles. The molecule has 5 atom stereocenters. The zero-order valence-corrected chi connectivity index (χ0v) is 16.6. The number of benzene rings is 1. The first-order valence-electron chi connectivity index (χ1n) is 10.3. The first-order valence-corrected chi connectivity index (χ1v) is 10.3. The van der Waals surface area contributed by atoms with Crippen molar-refractivity contribution in [2.45, 2.75) is 65.0 Å². The smallest absolute Gasteiger partial charge is 0.224 e. The van der Waals surface area contributed by atoms with Crippen molar-refractivity contribution in [3.8, 4) is 0 Å². The molecule has 4 rings (SSSR count). The molecular formula is C22H30N4O. The molecule has 0 radical (unpaired) electrons. The van der Waals surface area contributed by atoms with Gasteiger partial charge in [-0.05, 0) is 44.1 Å². The Balaban J connectivity index is 1.46. The van der Waals surface area contributed by atoms with Crippen LogP contribution in [0.1, 0.15) is 55.7 Å². The standard InChI is InChI=1S/C22H30N4O/c1-14(13-26-16(3)23-15(2)25-26)22(27)24-21-19-12-8-7-11-18(19)20(21)17-9-5-4-6-10-17/h4-6,9-10,14,18-21H,7-8,11-13H2,1-3H3,(H,24,27)/t14-,18+,19-,20-,21-/m0/s1. The molecule has 2 aliphatic carbocycles. The van der Waals surface area contributed by atoms with Crippen LogP contribution < -0.4 is 5.32 Å². The number of aryl methyl sites for hydroxylation is 2. The highest BCUT2D eigenvalue weighted by atomic mass is 16.2. The van der Waals surface area contributed by atoms with E-state index in [2.05, 4.69) is 45.7 Å². The van der Waals surface area contributed by atoms with E-state index < -0.39 is 0 Å². The van der Waals surface area contributed by atoms with Crippen molar-refractivity contribution in [3.63, 3.8) is 0 Å². The van der Waals surface area contributed by atoms with Gasteiger partial charge in [0.05, 0.1) is 12.5 Å². The highest BCUT2D eigenvalue weighted by Crippen LogP contribution is 2.54. The zero-order valence-electron chi connectivity index (χ0n) is 16.6. The fraction of sp³-hybridized carbons (Fsp3) is 0.591. The summed E-state index contributed by atoms with van der Waals surface area (Å²) >= 11 is 0. The van der Waals surface area contributed by atoms with Crippen LogP contribution in [0.3, 0.4) is 0 Å². The van der Waals surface area contributed by atoms with Crippen molar-refractivity contribution in [1.82, 2.24) is 20.1 Å². The fourth-order valence-corrected chi connectivity index (χ4v) is 5.18. The van der Waals surface area contributed by atoms with Crippen LogP contribution >= 0.6 is 0 Å². The maximum absolute atomic E-state index is 12.9. The average molecular weight is 367 g/mol. The van der Waals surface area contributed by atoms with Crippen molar-refractivity contribution in [2.75, 3.05) is 0 Å². The topological polar surface area (TPSA) is 59.8 Å². The number of nitrogens with one attached hydrogen (secondary N) is 1. The molecule has 2 fully saturated rings. The van der Waals surface area contributed by atoms with Gasteiger partial charge < -0.3 is 5.32 Å². The number of carbonyl (C=O) groups excluding carboxylic acids is 1. The molecule has 2 aliphatic rings. The molecular weight excluding hydrogens is 336 g/mol. The van der Waals surface area contributed by atoms with Crippen molar-refractivity contribution < 1.29 is 4.79 Å². The van der Waals surface area contributed by atoms with Crippen LogP contribution in [-0.2, 0) is 11.3 Å². The fourth-order valence-electron chi connectivity index (χ4n) is 5.18. The maximum atomic E-state index is 12.9. The van der Waals surface area contributed by atoms with Gasteiger partial charge in [-0.2, -0.15) is 5.10 Å². The van der Waals surface area contributed by atoms with Crippen LogP contribution in [0, 0.1) is 31.6 Å². The Hall–Kier alpha value is -2.17. The van der Waals surface area contributed by atoms with Crippen LogP contribution in [0.5, 0.6) is 0 Å². The summed E-state index contributed by atoms with van der Waals surface area (Å²) in [5.41, 5.74) is 1.38. The van der Waals surface area contributed by atoms with Crippen LogP contribution in [0.25, 0.3) is 0 Å². The third-order valence-electron chi connectivity index (χ3n) is 6.53. The third-order valence-corrected chi connectivity index (χ3v) is 6.53. The monoisotopic (exact) mass is 366 g/mol. The molecule has 27 heavy (non-hydrogen) atoms. The van der Waals surface area contributed by atoms with E-state index >= 15 is 0 Å². The Morgan fingerprint density at radius 3 is 2.56 bits per heavy atom. The summed E-state index contributed by atoms with van der Waals surface area (Å²) in [6.07, 6.45) is 5.16. The SMILES string of the molecule is Cc1nc(C)n(C[C@H](C)C(=O)N[C@H]2[C@H]3CCCC[C@H]3[C@@H]2c2ccccc2)n1. The lowest BCUT2D eigenvalue weighted by molar-refractivity contribution is -0.128. The Morgan fingerprint density at radius 1 is 1.19 bits per heavy atom. The minimum Gasteiger partial charge on any atom is -0.352 e. The second-order valence-electron chi connectivity index (χ2n) is 8.37. The first-order chi connectivity index (χ1) is 13.0. The van der Waals surface area contributed by atoms with Gasteiger partial charge in [-0.15, -0.1) is 0 Å². The lowest BCUT2D eigenvalue weighted by atomic mass is 9.53. The molecule has 0 saturated heterocycles. The molecule has 2 saturated carbocycles. The van der Waals surface area contributed by atoms with Crippen LogP contribution in [0.2, 0.25) is 0 Å². The Labute approximate surface area is 161 Å². The van der Waals surface area contributed by atoms with Crippen LogP contribution in [-0.4, -0.2) is 26.7 Å². The highest BCUT2D eigenvalue weighted by Gasteiger charge is 2.51.